The molecule has 1 amide bonds. The summed E-state index contributed by atoms with van der Waals surface area (Å²) in [6, 6.07) is 5.05. The summed E-state index contributed by atoms with van der Waals surface area (Å²) in [4.78, 5) is 15.7. The third-order valence-electron chi connectivity index (χ3n) is 3.65. The molecule has 1 aliphatic rings. The zero-order valence-corrected chi connectivity index (χ0v) is 12.1. The highest BCUT2D eigenvalue weighted by Crippen LogP contribution is 2.19. The quantitative estimate of drug-likeness (QED) is 0.844. The number of ether oxygens (including phenoxy) is 1. The predicted octanol–water partition coefficient (Wildman–Crippen LogP) is 1.89. The summed E-state index contributed by atoms with van der Waals surface area (Å²) >= 11 is 0. The molecule has 1 aliphatic heterocycles. The minimum absolute atomic E-state index is 0.208. The van der Waals surface area contributed by atoms with E-state index in [9.17, 15) is 9.18 Å². The minimum atomic E-state index is -0.329. The Bertz CT molecular complexity index is 471. The Morgan fingerprint density at radius 3 is 2.55 bits per heavy atom. The molecule has 2 rings (SSSR count). The number of carbonyl (C=O) groups is 1. The summed E-state index contributed by atoms with van der Waals surface area (Å²) in [5, 5.41) is 0. The number of rotatable bonds is 4. The van der Waals surface area contributed by atoms with E-state index in [4.69, 9.17) is 4.74 Å². The zero-order chi connectivity index (χ0) is 14.5. The van der Waals surface area contributed by atoms with Crippen molar-refractivity contribution < 1.29 is 13.9 Å². The lowest BCUT2D eigenvalue weighted by Gasteiger charge is -2.34. The highest BCUT2D eigenvalue weighted by atomic mass is 19.1. The van der Waals surface area contributed by atoms with E-state index < -0.39 is 0 Å². The Kier molecular flexibility index (Phi) is 4.95. The summed E-state index contributed by atoms with van der Waals surface area (Å²) < 4.78 is 18.5. The van der Waals surface area contributed by atoms with Crippen LogP contribution in [0.2, 0.25) is 0 Å². The van der Waals surface area contributed by atoms with Crippen molar-refractivity contribution in [3.8, 4) is 5.75 Å². The molecule has 0 bridgehead atoms. The van der Waals surface area contributed by atoms with Crippen molar-refractivity contribution in [3.63, 3.8) is 0 Å². The third kappa shape index (κ3) is 3.48. The van der Waals surface area contributed by atoms with Crippen LogP contribution in [0, 0.1) is 5.82 Å². The highest BCUT2D eigenvalue weighted by molar-refractivity contribution is 5.75. The maximum Gasteiger partial charge on any atom is 0.222 e. The molecule has 0 spiro atoms. The molecule has 0 unspecified atom stereocenters. The van der Waals surface area contributed by atoms with Gasteiger partial charge < -0.3 is 9.64 Å². The van der Waals surface area contributed by atoms with E-state index in [-0.39, 0.29) is 17.5 Å². The number of amides is 1. The topological polar surface area (TPSA) is 32.8 Å². The number of hydrogen-bond acceptors (Lipinski definition) is 3. The van der Waals surface area contributed by atoms with Gasteiger partial charge in [0.1, 0.15) is 0 Å². The van der Waals surface area contributed by atoms with Gasteiger partial charge in [-0.25, -0.2) is 4.39 Å². The van der Waals surface area contributed by atoms with E-state index in [1.807, 2.05) is 17.9 Å². The fraction of sp³-hybridized carbons (Fsp3) is 0.533. The highest BCUT2D eigenvalue weighted by Gasteiger charge is 2.20. The maximum absolute atomic E-state index is 13.6. The van der Waals surface area contributed by atoms with Crippen molar-refractivity contribution in [2.24, 2.45) is 0 Å². The molecule has 0 aliphatic carbocycles. The molecule has 0 radical (unpaired) electrons. The van der Waals surface area contributed by atoms with Crippen LogP contribution in [0.4, 0.5) is 4.39 Å². The molecule has 1 saturated heterocycles. The van der Waals surface area contributed by atoms with Crippen molar-refractivity contribution in [2.75, 3.05) is 33.3 Å². The number of methoxy groups -OCH3 is 1. The second-order valence-electron chi connectivity index (χ2n) is 4.98. The van der Waals surface area contributed by atoms with E-state index in [1.54, 1.807) is 6.07 Å². The van der Waals surface area contributed by atoms with Gasteiger partial charge in [0.05, 0.1) is 7.11 Å². The Balaban J connectivity index is 1.89. The molecule has 1 fully saturated rings. The molecule has 0 atom stereocenters. The number of piperazine rings is 1. The average Bonchev–Trinajstić information content (AvgIpc) is 2.47. The van der Waals surface area contributed by atoms with E-state index >= 15 is 0 Å². The summed E-state index contributed by atoms with van der Waals surface area (Å²) in [5.74, 6) is 0.150. The molecular weight excluding hydrogens is 259 g/mol. The van der Waals surface area contributed by atoms with Gasteiger partial charge in [-0.3, -0.25) is 9.69 Å². The molecule has 1 aromatic carbocycles. The van der Waals surface area contributed by atoms with Crippen LogP contribution in [0.3, 0.4) is 0 Å². The molecule has 0 saturated carbocycles. The van der Waals surface area contributed by atoms with Gasteiger partial charge in [0.25, 0.3) is 0 Å². The van der Waals surface area contributed by atoms with Crippen molar-refractivity contribution in [1.82, 2.24) is 9.80 Å². The standard InChI is InChI=1S/C15H21FN2O2/c1-3-15(19)18-8-6-17(7-9-18)11-12-4-5-14(20-2)13(16)10-12/h4-5,10H,3,6-9,11H2,1-2H3. The summed E-state index contributed by atoms with van der Waals surface area (Å²) in [5.41, 5.74) is 0.929. The van der Waals surface area contributed by atoms with Gasteiger partial charge in [-0.2, -0.15) is 0 Å². The van der Waals surface area contributed by atoms with Gasteiger partial charge in [0.15, 0.2) is 11.6 Å². The normalized spacial score (nSPS) is 16.2. The fourth-order valence-electron chi connectivity index (χ4n) is 2.45. The Hall–Kier alpha value is -1.62. The van der Waals surface area contributed by atoms with Crippen LogP contribution in [0.15, 0.2) is 18.2 Å². The van der Waals surface area contributed by atoms with E-state index in [0.717, 1.165) is 31.7 Å². The maximum atomic E-state index is 13.6. The molecule has 0 aromatic heterocycles. The van der Waals surface area contributed by atoms with Crippen LogP contribution in [-0.4, -0.2) is 49.0 Å². The minimum Gasteiger partial charge on any atom is -0.494 e. The van der Waals surface area contributed by atoms with Crippen LogP contribution in [0.1, 0.15) is 18.9 Å². The lowest BCUT2D eigenvalue weighted by atomic mass is 10.1. The SMILES string of the molecule is CCC(=O)N1CCN(Cc2ccc(OC)c(F)c2)CC1. The Labute approximate surface area is 119 Å². The van der Waals surface area contributed by atoms with Crippen LogP contribution in [0.25, 0.3) is 0 Å². The lowest BCUT2D eigenvalue weighted by molar-refractivity contribution is -0.132. The smallest absolute Gasteiger partial charge is 0.222 e. The fourth-order valence-corrected chi connectivity index (χ4v) is 2.45. The molecule has 5 heteroatoms. The number of halogens is 1. The number of carbonyl (C=O) groups excluding carboxylic acids is 1. The zero-order valence-electron chi connectivity index (χ0n) is 12.1. The van der Waals surface area contributed by atoms with Gasteiger partial charge in [-0.15, -0.1) is 0 Å². The first-order chi connectivity index (χ1) is 9.63. The molecule has 1 heterocycles. The van der Waals surface area contributed by atoms with Gasteiger partial charge in [0.2, 0.25) is 5.91 Å². The molecular formula is C15H21FN2O2. The second kappa shape index (κ2) is 6.70. The second-order valence-corrected chi connectivity index (χ2v) is 4.98. The molecule has 110 valence electrons. The third-order valence-corrected chi connectivity index (χ3v) is 3.65. The first kappa shape index (κ1) is 14.8. The first-order valence-electron chi connectivity index (χ1n) is 6.96. The first-order valence-corrected chi connectivity index (χ1v) is 6.96. The Morgan fingerprint density at radius 1 is 1.30 bits per heavy atom. The number of hydrogen-bond donors (Lipinski definition) is 0. The van der Waals surface area contributed by atoms with Crippen LogP contribution in [0.5, 0.6) is 5.75 Å². The van der Waals surface area contributed by atoms with Crippen molar-refractivity contribution in [2.45, 2.75) is 19.9 Å². The number of nitrogens with zero attached hydrogens (tertiary/aromatic N) is 2. The van der Waals surface area contributed by atoms with Gasteiger partial charge in [-0.1, -0.05) is 13.0 Å². The molecule has 0 N–H and O–H groups in total. The molecule has 1 aromatic rings. The van der Waals surface area contributed by atoms with Gasteiger partial charge in [-0.05, 0) is 17.7 Å². The predicted molar refractivity (Wildman–Crippen MR) is 75.1 cm³/mol. The monoisotopic (exact) mass is 280 g/mol. The lowest BCUT2D eigenvalue weighted by Crippen LogP contribution is -2.48. The summed E-state index contributed by atoms with van der Waals surface area (Å²) in [6.45, 7) is 5.76. The van der Waals surface area contributed by atoms with E-state index in [0.29, 0.717) is 13.0 Å². The van der Waals surface area contributed by atoms with Gasteiger partial charge in [0, 0.05) is 39.1 Å². The molecule has 20 heavy (non-hydrogen) atoms. The molecule has 4 nitrogen and oxygen atoms in total. The average molecular weight is 280 g/mol. The number of benzene rings is 1. The summed E-state index contributed by atoms with van der Waals surface area (Å²) in [7, 11) is 1.46. The van der Waals surface area contributed by atoms with Crippen LogP contribution in [-0.2, 0) is 11.3 Å². The largest absolute Gasteiger partial charge is 0.494 e. The van der Waals surface area contributed by atoms with Gasteiger partial charge >= 0.3 is 0 Å². The van der Waals surface area contributed by atoms with Crippen LogP contribution < -0.4 is 4.74 Å². The Morgan fingerprint density at radius 2 is 2.00 bits per heavy atom. The van der Waals surface area contributed by atoms with Crippen molar-refractivity contribution in [1.29, 1.82) is 0 Å². The van der Waals surface area contributed by atoms with E-state index in [1.165, 1.54) is 13.2 Å². The van der Waals surface area contributed by atoms with Crippen molar-refractivity contribution >= 4 is 5.91 Å². The summed E-state index contributed by atoms with van der Waals surface area (Å²) in [6.07, 6.45) is 0.559. The van der Waals surface area contributed by atoms with Crippen LogP contribution >= 0.6 is 0 Å². The van der Waals surface area contributed by atoms with E-state index in [2.05, 4.69) is 4.90 Å². The van der Waals surface area contributed by atoms with Crippen molar-refractivity contribution in [3.05, 3.63) is 29.6 Å².